The SMILES string of the molecule is NC(=O)Cc1ccc(-c2ccccc2)cc1CS(=O)(=O)c1cc(Cl)cc(Cl)c1. The predicted octanol–water partition coefficient (Wildman–Crippen LogP) is 4.66. The molecule has 2 N–H and O–H groups in total. The first-order chi connectivity index (χ1) is 13.2. The Morgan fingerprint density at radius 2 is 1.46 bits per heavy atom. The molecule has 0 saturated heterocycles. The van der Waals surface area contributed by atoms with Crippen LogP contribution < -0.4 is 5.73 Å². The summed E-state index contributed by atoms with van der Waals surface area (Å²) in [4.78, 5) is 11.5. The molecule has 28 heavy (non-hydrogen) atoms. The van der Waals surface area contributed by atoms with E-state index in [0.29, 0.717) is 11.1 Å². The zero-order valence-corrected chi connectivity index (χ0v) is 17.1. The Bertz CT molecular complexity index is 1110. The summed E-state index contributed by atoms with van der Waals surface area (Å²) in [6, 6.07) is 19.1. The van der Waals surface area contributed by atoms with Gasteiger partial charge in [-0.25, -0.2) is 8.42 Å². The maximum atomic E-state index is 13.0. The lowest BCUT2D eigenvalue weighted by molar-refractivity contribution is -0.117. The van der Waals surface area contributed by atoms with E-state index in [4.69, 9.17) is 28.9 Å². The Balaban J connectivity index is 2.06. The third kappa shape index (κ3) is 4.93. The van der Waals surface area contributed by atoms with Crippen molar-refractivity contribution in [1.82, 2.24) is 0 Å². The lowest BCUT2D eigenvalue weighted by Crippen LogP contribution is -2.16. The van der Waals surface area contributed by atoms with Crippen LogP contribution in [0.4, 0.5) is 0 Å². The molecule has 0 aromatic heterocycles. The van der Waals surface area contributed by atoms with Crippen molar-refractivity contribution in [2.45, 2.75) is 17.1 Å². The van der Waals surface area contributed by atoms with Gasteiger partial charge >= 0.3 is 0 Å². The molecule has 0 aliphatic rings. The normalized spacial score (nSPS) is 11.4. The first-order valence-electron chi connectivity index (χ1n) is 8.39. The van der Waals surface area contributed by atoms with Crippen molar-refractivity contribution < 1.29 is 13.2 Å². The van der Waals surface area contributed by atoms with Crippen molar-refractivity contribution in [1.29, 1.82) is 0 Å². The van der Waals surface area contributed by atoms with E-state index in [-0.39, 0.29) is 27.1 Å². The van der Waals surface area contributed by atoms with Crippen LogP contribution in [0.2, 0.25) is 10.0 Å². The quantitative estimate of drug-likeness (QED) is 0.613. The van der Waals surface area contributed by atoms with E-state index in [0.717, 1.165) is 11.1 Å². The number of benzene rings is 3. The van der Waals surface area contributed by atoms with Crippen LogP contribution in [-0.2, 0) is 26.8 Å². The monoisotopic (exact) mass is 433 g/mol. The van der Waals surface area contributed by atoms with Gasteiger partial charge in [-0.15, -0.1) is 0 Å². The molecule has 0 bridgehead atoms. The summed E-state index contributed by atoms with van der Waals surface area (Å²) in [5.41, 5.74) is 8.21. The highest BCUT2D eigenvalue weighted by molar-refractivity contribution is 7.90. The summed E-state index contributed by atoms with van der Waals surface area (Å²) in [5.74, 6) is -0.829. The van der Waals surface area contributed by atoms with E-state index < -0.39 is 15.7 Å². The van der Waals surface area contributed by atoms with Crippen LogP contribution in [0.15, 0.2) is 71.6 Å². The number of primary amides is 1. The zero-order chi connectivity index (χ0) is 20.3. The van der Waals surface area contributed by atoms with E-state index in [1.54, 1.807) is 12.1 Å². The summed E-state index contributed by atoms with van der Waals surface area (Å²) in [6.07, 6.45) is -0.0454. The number of hydrogen-bond donors (Lipinski definition) is 1. The second kappa shape index (κ2) is 8.35. The maximum Gasteiger partial charge on any atom is 0.221 e. The standard InChI is InChI=1S/C21H17Cl2NO3S/c22-18-10-19(23)12-20(11-18)28(26,27)13-17-8-15(14-4-2-1-3-5-14)6-7-16(17)9-21(24)25/h1-8,10-12H,9,13H2,(H2,24,25). The lowest BCUT2D eigenvalue weighted by atomic mass is 9.98. The van der Waals surface area contributed by atoms with Gasteiger partial charge in [0.05, 0.1) is 17.1 Å². The number of nitrogens with two attached hydrogens (primary N) is 1. The van der Waals surface area contributed by atoms with Crippen LogP contribution in [-0.4, -0.2) is 14.3 Å². The molecule has 0 spiro atoms. The van der Waals surface area contributed by atoms with Crippen LogP contribution in [0.5, 0.6) is 0 Å². The van der Waals surface area contributed by atoms with Crippen molar-refractivity contribution in [3.05, 3.63) is 87.9 Å². The Hall–Kier alpha value is -2.34. The van der Waals surface area contributed by atoms with Crippen LogP contribution in [0.25, 0.3) is 11.1 Å². The zero-order valence-electron chi connectivity index (χ0n) is 14.7. The van der Waals surface area contributed by atoms with Crippen molar-refractivity contribution in [3.8, 4) is 11.1 Å². The van der Waals surface area contributed by atoms with Gasteiger partial charge in [0, 0.05) is 10.0 Å². The molecule has 0 aliphatic carbocycles. The summed E-state index contributed by atoms with van der Waals surface area (Å²) >= 11 is 11.9. The predicted molar refractivity (Wildman–Crippen MR) is 112 cm³/mol. The Labute approximate surface area is 173 Å². The summed E-state index contributed by atoms with van der Waals surface area (Å²) in [7, 11) is -3.74. The van der Waals surface area contributed by atoms with Gasteiger partial charge in [-0.2, -0.15) is 0 Å². The first kappa shape index (κ1) is 20.4. The second-order valence-corrected chi connectivity index (χ2v) is 9.22. The maximum absolute atomic E-state index is 13.0. The molecule has 3 aromatic rings. The highest BCUT2D eigenvalue weighted by Crippen LogP contribution is 2.28. The molecule has 0 unspecified atom stereocenters. The number of amides is 1. The number of rotatable bonds is 6. The van der Waals surface area contributed by atoms with Crippen LogP contribution >= 0.6 is 23.2 Å². The van der Waals surface area contributed by atoms with E-state index in [9.17, 15) is 13.2 Å². The van der Waals surface area contributed by atoms with Crippen LogP contribution in [0.3, 0.4) is 0 Å². The molecular formula is C21H17Cl2NO3S. The topological polar surface area (TPSA) is 77.2 Å². The number of carbonyl (C=O) groups is 1. The molecule has 144 valence electrons. The number of hydrogen-bond acceptors (Lipinski definition) is 3. The molecule has 0 fully saturated rings. The van der Waals surface area contributed by atoms with Crippen molar-refractivity contribution in [2.24, 2.45) is 5.73 Å². The summed E-state index contributed by atoms with van der Waals surface area (Å²) in [5, 5.41) is 0.475. The highest BCUT2D eigenvalue weighted by Gasteiger charge is 2.20. The molecule has 0 aliphatic heterocycles. The average Bonchev–Trinajstić information content (AvgIpc) is 2.62. The molecule has 1 amide bonds. The minimum absolute atomic E-state index is 0.0279. The second-order valence-electron chi connectivity index (χ2n) is 6.36. The minimum atomic E-state index is -3.74. The van der Waals surface area contributed by atoms with E-state index in [1.807, 2.05) is 36.4 Å². The van der Waals surface area contributed by atoms with E-state index in [1.165, 1.54) is 18.2 Å². The smallest absolute Gasteiger partial charge is 0.221 e. The van der Waals surface area contributed by atoms with Crippen molar-refractivity contribution >= 4 is 38.9 Å². The Morgan fingerprint density at radius 3 is 2.07 bits per heavy atom. The van der Waals surface area contributed by atoms with Crippen molar-refractivity contribution in [2.75, 3.05) is 0 Å². The largest absolute Gasteiger partial charge is 0.369 e. The van der Waals surface area contributed by atoms with E-state index >= 15 is 0 Å². The molecule has 7 heteroatoms. The lowest BCUT2D eigenvalue weighted by Gasteiger charge is -2.13. The fourth-order valence-corrected chi connectivity index (χ4v) is 5.04. The highest BCUT2D eigenvalue weighted by atomic mass is 35.5. The van der Waals surface area contributed by atoms with Gasteiger partial charge in [0.1, 0.15) is 0 Å². The van der Waals surface area contributed by atoms with Gasteiger partial charge in [0.25, 0.3) is 0 Å². The molecule has 3 aromatic carbocycles. The fraction of sp³-hybridized carbons (Fsp3) is 0.0952. The van der Waals surface area contributed by atoms with Crippen molar-refractivity contribution in [3.63, 3.8) is 0 Å². The average molecular weight is 434 g/mol. The number of carbonyl (C=O) groups excluding carboxylic acids is 1. The third-order valence-electron chi connectivity index (χ3n) is 4.22. The van der Waals surface area contributed by atoms with E-state index in [2.05, 4.69) is 0 Å². The molecular weight excluding hydrogens is 417 g/mol. The molecule has 3 rings (SSSR count). The van der Waals surface area contributed by atoms with Gasteiger partial charge < -0.3 is 5.73 Å². The van der Waals surface area contributed by atoms with Crippen LogP contribution in [0.1, 0.15) is 11.1 Å². The van der Waals surface area contributed by atoms with Gasteiger partial charge in [0.15, 0.2) is 9.84 Å². The Morgan fingerprint density at radius 1 is 0.821 bits per heavy atom. The Kier molecular flexibility index (Phi) is 6.08. The summed E-state index contributed by atoms with van der Waals surface area (Å²) < 4.78 is 25.9. The fourth-order valence-electron chi connectivity index (χ4n) is 2.93. The van der Waals surface area contributed by atoms with Gasteiger partial charge in [-0.05, 0) is 46.5 Å². The minimum Gasteiger partial charge on any atom is -0.369 e. The van der Waals surface area contributed by atoms with Crippen LogP contribution in [0, 0.1) is 0 Å². The molecule has 0 heterocycles. The van der Waals surface area contributed by atoms with Gasteiger partial charge in [-0.3, -0.25) is 4.79 Å². The number of sulfone groups is 1. The molecule has 0 saturated carbocycles. The first-order valence-corrected chi connectivity index (χ1v) is 10.8. The van der Waals surface area contributed by atoms with Gasteiger partial charge in [0.2, 0.25) is 5.91 Å². The summed E-state index contributed by atoms with van der Waals surface area (Å²) in [6.45, 7) is 0. The third-order valence-corrected chi connectivity index (χ3v) is 6.30. The number of halogens is 2. The molecule has 0 atom stereocenters. The molecule has 4 nitrogen and oxygen atoms in total. The molecule has 0 radical (unpaired) electrons. The van der Waals surface area contributed by atoms with Gasteiger partial charge in [-0.1, -0.05) is 65.7 Å².